The highest BCUT2D eigenvalue weighted by Gasteiger charge is 2.21. The lowest BCUT2D eigenvalue weighted by atomic mass is 10.1. The maximum Gasteiger partial charge on any atom is 0.271 e. The van der Waals surface area contributed by atoms with Gasteiger partial charge >= 0.3 is 0 Å². The van der Waals surface area contributed by atoms with Crippen molar-refractivity contribution >= 4 is 21.8 Å². The van der Waals surface area contributed by atoms with E-state index in [-0.39, 0.29) is 11.9 Å². The Hall–Kier alpha value is -0.940. The van der Waals surface area contributed by atoms with E-state index < -0.39 is 0 Å². The number of nitrogens with zero attached hydrogens (tertiary/aromatic N) is 2. The zero-order valence-electron chi connectivity index (χ0n) is 10.5. The normalized spacial score (nSPS) is 20.7. The van der Waals surface area contributed by atoms with Gasteiger partial charge in [-0.05, 0) is 54.0 Å². The molecule has 0 aliphatic carbocycles. The summed E-state index contributed by atoms with van der Waals surface area (Å²) in [6, 6.07) is 3.88. The first-order valence-electron chi connectivity index (χ1n) is 6.34. The molecule has 0 bridgehead atoms. The highest BCUT2D eigenvalue weighted by molar-refractivity contribution is 9.10. The van der Waals surface area contributed by atoms with E-state index in [1.807, 2.05) is 6.07 Å². The van der Waals surface area contributed by atoms with Gasteiger partial charge in [-0.1, -0.05) is 6.92 Å². The van der Waals surface area contributed by atoms with Gasteiger partial charge in [-0.15, -0.1) is 0 Å². The van der Waals surface area contributed by atoms with E-state index in [2.05, 4.69) is 38.1 Å². The maximum atomic E-state index is 12.1. The highest BCUT2D eigenvalue weighted by Crippen LogP contribution is 2.15. The molecule has 1 aromatic rings. The number of nitrogens with one attached hydrogen (secondary N) is 1. The van der Waals surface area contributed by atoms with Crippen molar-refractivity contribution in [3.63, 3.8) is 0 Å². The maximum absolute atomic E-state index is 12.1. The number of aromatic nitrogens is 1. The molecule has 0 aromatic carbocycles. The van der Waals surface area contributed by atoms with Gasteiger partial charge in [0.05, 0.1) is 0 Å². The number of likely N-dealkylation sites (N-methyl/N-ethyl adjacent to an activating group) is 1. The number of hydrogen-bond donors (Lipinski definition) is 1. The molecule has 2 heterocycles. The number of amides is 1. The van der Waals surface area contributed by atoms with Crippen LogP contribution in [0.25, 0.3) is 0 Å². The van der Waals surface area contributed by atoms with Crippen LogP contribution in [-0.4, -0.2) is 41.5 Å². The van der Waals surface area contributed by atoms with Crippen molar-refractivity contribution in [2.75, 3.05) is 19.6 Å². The van der Waals surface area contributed by atoms with Gasteiger partial charge in [0.1, 0.15) is 5.69 Å². The number of carbonyl (C=O) groups is 1. The van der Waals surface area contributed by atoms with Crippen molar-refractivity contribution in [2.45, 2.75) is 25.8 Å². The minimum atomic E-state index is -0.0922. The monoisotopic (exact) mass is 311 g/mol. The first kappa shape index (κ1) is 13.5. The minimum Gasteiger partial charge on any atom is -0.347 e. The van der Waals surface area contributed by atoms with Gasteiger partial charge < -0.3 is 10.2 Å². The summed E-state index contributed by atoms with van der Waals surface area (Å²) < 4.78 is 0.741. The average Bonchev–Trinajstić information content (AvgIpc) is 2.39. The Morgan fingerprint density at radius 2 is 2.50 bits per heavy atom. The van der Waals surface area contributed by atoms with Gasteiger partial charge in [-0.25, -0.2) is 4.98 Å². The third kappa shape index (κ3) is 3.29. The van der Waals surface area contributed by atoms with Crippen LogP contribution in [0.4, 0.5) is 0 Å². The molecule has 98 valence electrons. The highest BCUT2D eigenvalue weighted by atomic mass is 79.9. The minimum absolute atomic E-state index is 0.0922. The topological polar surface area (TPSA) is 45.2 Å². The van der Waals surface area contributed by atoms with Crippen LogP contribution in [0, 0.1) is 0 Å². The lowest BCUT2D eigenvalue weighted by Crippen LogP contribution is -2.47. The van der Waals surface area contributed by atoms with Crippen LogP contribution in [0.5, 0.6) is 0 Å². The van der Waals surface area contributed by atoms with Crippen LogP contribution in [0.1, 0.15) is 30.3 Å². The Balaban J connectivity index is 1.97. The Labute approximate surface area is 116 Å². The Morgan fingerprint density at radius 1 is 1.67 bits per heavy atom. The average molecular weight is 312 g/mol. The van der Waals surface area contributed by atoms with Crippen LogP contribution < -0.4 is 5.32 Å². The second-order valence-electron chi connectivity index (χ2n) is 4.54. The van der Waals surface area contributed by atoms with Crippen molar-refractivity contribution < 1.29 is 4.79 Å². The molecule has 1 aromatic heterocycles. The zero-order chi connectivity index (χ0) is 13.0. The van der Waals surface area contributed by atoms with Gasteiger partial charge in [0.2, 0.25) is 0 Å². The van der Waals surface area contributed by atoms with Crippen molar-refractivity contribution in [1.29, 1.82) is 0 Å². The van der Waals surface area contributed by atoms with Crippen molar-refractivity contribution in [3.05, 3.63) is 28.5 Å². The molecule has 1 aliphatic rings. The molecule has 1 atom stereocenters. The van der Waals surface area contributed by atoms with Gasteiger partial charge in [0.25, 0.3) is 5.91 Å². The molecular formula is C13H18BrN3O. The molecule has 0 spiro atoms. The van der Waals surface area contributed by atoms with E-state index in [1.54, 1.807) is 12.3 Å². The summed E-state index contributed by atoms with van der Waals surface area (Å²) in [4.78, 5) is 18.6. The van der Waals surface area contributed by atoms with Crippen LogP contribution in [0.3, 0.4) is 0 Å². The summed E-state index contributed by atoms with van der Waals surface area (Å²) in [5, 5.41) is 3.07. The van der Waals surface area contributed by atoms with E-state index in [4.69, 9.17) is 0 Å². The third-order valence-electron chi connectivity index (χ3n) is 3.26. The molecule has 1 N–H and O–H groups in total. The molecule has 2 rings (SSSR count). The van der Waals surface area contributed by atoms with Crippen LogP contribution in [-0.2, 0) is 0 Å². The predicted molar refractivity (Wildman–Crippen MR) is 74.5 cm³/mol. The number of likely N-dealkylation sites (tertiary alicyclic amines) is 1. The smallest absolute Gasteiger partial charge is 0.271 e. The van der Waals surface area contributed by atoms with Crippen molar-refractivity contribution in [2.24, 2.45) is 0 Å². The molecule has 0 saturated carbocycles. The second kappa shape index (κ2) is 6.29. The molecule has 1 aliphatic heterocycles. The standard InChI is InChI=1S/C13H18BrN3O/c1-2-17-8-4-5-10(9-17)16-13(18)12-11(14)6-3-7-15-12/h3,6-7,10H,2,4-5,8-9H2,1H3,(H,16,18). The van der Waals surface area contributed by atoms with Crippen LogP contribution >= 0.6 is 15.9 Å². The summed E-state index contributed by atoms with van der Waals surface area (Å²) in [6.45, 7) is 5.27. The van der Waals surface area contributed by atoms with E-state index in [0.29, 0.717) is 5.69 Å². The van der Waals surface area contributed by atoms with Gasteiger partial charge in [0.15, 0.2) is 0 Å². The summed E-state index contributed by atoms with van der Waals surface area (Å²) in [7, 11) is 0. The molecule has 1 unspecified atom stereocenters. The molecule has 4 nitrogen and oxygen atoms in total. The number of hydrogen-bond acceptors (Lipinski definition) is 3. The zero-order valence-corrected chi connectivity index (χ0v) is 12.1. The van der Waals surface area contributed by atoms with E-state index in [0.717, 1.165) is 36.9 Å². The van der Waals surface area contributed by atoms with Crippen LogP contribution in [0.2, 0.25) is 0 Å². The molecule has 5 heteroatoms. The SMILES string of the molecule is CCN1CCCC(NC(=O)c2ncccc2Br)C1. The molecule has 1 fully saturated rings. The number of carbonyl (C=O) groups excluding carboxylic acids is 1. The summed E-state index contributed by atoms with van der Waals surface area (Å²) >= 11 is 3.35. The first-order chi connectivity index (χ1) is 8.70. The largest absolute Gasteiger partial charge is 0.347 e. The van der Waals surface area contributed by atoms with E-state index in [9.17, 15) is 4.79 Å². The van der Waals surface area contributed by atoms with Gasteiger partial charge in [-0.2, -0.15) is 0 Å². The molecule has 1 amide bonds. The predicted octanol–water partition coefficient (Wildman–Crippen LogP) is 2.06. The quantitative estimate of drug-likeness (QED) is 0.929. The van der Waals surface area contributed by atoms with E-state index >= 15 is 0 Å². The summed E-state index contributed by atoms with van der Waals surface area (Å²) in [6.07, 6.45) is 3.83. The fraction of sp³-hybridized carbons (Fsp3) is 0.538. The lowest BCUT2D eigenvalue weighted by Gasteiger charge is -2.32. The summed E-state index contributed by atoms with van der Waals surface area (Å²) in [5.74, 6) is -0.0922. The Bertz CT molecular complexity index is 424. The third-order valence-corrected chi connectivity index (χ3v) is 3.90. The van der Waals surface area contributed by atoms with Crippen molar-refractivity contribution in [3.8, 4) is 0 Å². The fourth-order valence-electron chi connectivity index (χ4n) is 2.27. The van der Waals surface area contributed by atoms with E-state index in [1.165, 1.54) is 0 Å². The Morgan fingerprint density at radius 3 is 3.22 bits per heavy atom. The van der Waals surface area contributed by atoms with Gasteiger partial charge in [0, 0.05) is 23.3 Å². The molecular weight excluding hydrogens is 294 g/mol. The second-order valence-corrected chi connectivity index (χ2v) is 5.39. The first-order valence-corrected chi connectivity index (χ1v) is 7.13. The molecule has 1 saturated heterocycles. The van der Waals surface area contributed by atoms with Gasteiger partial charge in [-0.3, -0.25) is 4.79 Å². The number of piperidine rings is 1. The fourth-order valence-corrected chi connectivity index (χ4v) is 2.70. The molecule has 0 radical (unpaired) electrons. The lowest BCUT2D eigenvalue weighted by molar-refractivity contribution is 0.0900. The number of rotatable bonds is 3. The Kier molecular flexibility index (Phi) is 4.72. The summed E-state index contributed by atoms with van der Waals surface area (Å²) in [5.41, 5.74) is 0.464. The number of pyridine rings is 1. The molecule has 18 heavy (non-hydrogen) atoms. The number of halogens is 1. The van der Waals surface area contributed by atoms with Crippen molar-refractivity contribution in [1.82, 2.24) is 15.2 Å². The van der Waals surface area contributed by atoms with Crippen LogP contribution in [0.15, 0.2) is 22.8 Å².